The van der Waals surface area contributed by atoms with E-state index in [0.717, 1.165) is 13.0 Å². The van der Waals surface area contributed by atoms with Gasteiger partial charge < -0.3 is 10.6 Å². The van der Waals surface area contributed by atoms with Gasteiger partial charge in [0.1, 0.15) is 0 Å². The Morgan fingerprint density at radius 1 is 1.39 bits per heavy atom. The zero-order valence-electron chi connectivity index (χ0n) is 11.3. The van der Waals surface area contributed by atoms with Crippen LogP contribution in [0, 0.1) is 12.8 Å². The molecule has 0 bridgehead atoms. The molecular weight excluding hydrogens is 248 g/mol. The summed E-state index contributed by atoms with van der Waals surface area (Å²) in [5, 5.41) is 5.96. The van der Waals surface area contributed by atoms with Crippen LogP contribution in [0.1, 0.15) is 18.1 Å². The smallest absolute Gasteiger partial charge is 0.224 e. The van der Waals surface area contributed by atoms with Crippen molar-refractivity contribution in [1.82, 2.24) is 10.6 Å². The maximum atomic E-state index is 11.6. The molecule has 1 rings (SSSR count). The van der Waals surface area contributed by atoms with Gasteiger partial charge in [0.15, 0.2) is 0 Å². The summed E-state index contributed by atoms with van der Waals surface area (Å²) < 4.78 is 0. The van der Waals surface area contributed by atoms with Gasteiger partial charge in [0.25, 0.3) is 0 Å². The normalized spacial score (nSPS) is 11.5. The predicted molar refractivity (Wildman–Crippen MR) is 78.2 cm³/mol. The van der Waals surface area contributed by atoms with Crippen molar-refractivity contribution in [2.45, 2.75) is 20.3 Å². The largest absolute Gasteiger partial charge is 0.355 e. The Labute approximate surface area is 116 Å². The van der Waals surface area contributed by atoms with Crippen LogP contribution >= 0.6 is 12.4 Å². The van der Waals surface area contributed by atoms with E-state index in [1.54, 1.807) is 0 Å². The molecule has 0 aliphatic rings. The van der Waals surface area contributed by atoms with Gasteiger partial charge in [0, 0.05) is 19.0 Å². The van der Waals surface area contributed by atoms with Gasteiger partial charge >= 0.3 is 0 Å². The molecule has 0 aliphatic carbocycles. The lowest BCUT2D eigenvalue weighted by atomic mass is 10.1. The fourth-order valence-corrected chi connectivity index (χ4v) is 1.77. The van der Waals surface area contributed by atoms with Crippen LogP contribution in [0.5, 0.6) is 0 Å². The molecule has 0 saturated heterocycles. The molecule has 1 unspecified atom stereocenters. The molecule has 0 fully saturated rings. The van der Waals surface area contributed by atoms with E-state index in [9.17, 15) is 4.79 Å². The van der Waals surface area contributed by atoms with Crippen molar-refractivity contribution in [3.8, 4) is 0 Å². The molecule has 1 aromatic carbocycles. The first kappa shape index (κ1) is 16.9. The van der Waals surface area contributed by atoms with Crippen LogP contribution in [-0.4, -0.2) is 26.0 Å². The molecular formula is C14H23ClN2O. The van der Waals surface area contributed by atoms with E-state index in [4.69, 9.17) is 0 Å². The number of carbonyl (C=O) groups excluding carboxylic acids is 1. The number of benzene rings is 1. The first-order valence-corrected chi connectivity index (χ1v) is 6.11. The fourth-order valence-electron chi connectivity index (χ4n) is 1.77. The molecule has 1 amide bonds. The molecule has 4 heteroatoms. The van der Waals surface area contributed by atoms with Gasteiger partial charge in [-0.3, -0.25) is 4.79 Å². The van der Waals surface area contributed by atoms with Crippen molar-refractivity contribution >= 4 is 18.3 Å². The molecule has 0 aromatic heterocycles. The molecule has 0 spiro atoms. The molecule has 0 heterocycles. The highest BCUT2D eigenvalue weighted by molar-refractivity contribution is 5.85. The average Bonchev–Trinajstić information content (AvgIpc) is 2.29. The van der Waals surface area contributed by atoms with E-state index < -0.39 is 0 Å². The second kappa shape index (κ2) is 8.95. The summed E-state index contributed by atoms with van der Waals surface area (Å²) in [5.41, 5.74) is 2.53. The first-order chi connectivity index (χ1) is 8.13. The Morgan fingerprint density at radius 2 is 2.11 bits per heavy atom. The summed E-state index contributed by atoms with van der Waals surface area (Å²) in [7, 11) is 1.86. The number of rotatable bonds is 6. The number of carbonyl (C=O) groups is 1. The van der Waals surface area contributed by atoms with Crippen molar-refractivity contribution < 1.29 is 4.79 Å². The Morgan fingerprint density at radius 3 is 2.72 bits per heavy atom. The van der Waals surface area contributed by atoms with Crippen molar-refractivity contribution in [3.63, 3.8) is 0 Å². The standard InChI is InChI=1S/C14H22N2O.ClH/c1-11-5-4-6-13(9-11)7-8-16-14(17)12(2)10-15-3;/h4-6,9,12,15H,7-8,10H2,1-3H3,(H,16,17);1H. The highest BCUT2D eigenvalue weighted by atomic mass is 35.5. The summed E-state index contributed by atoms with van der Waals surface area (Å²) in [6.45, 7) is 5.43. The molecule has 2 N–H and O–H groups in total. The van der Waals surface area contributed by atoms with E-state index in [-0.39, 0.29) is 24.2 Å². The highest BCUT2D eigenvalue weighted by Crippen LogP contribution is 2.04. The summed E-state index contributed by atoms with van der Waals surface area (Å²) >= 11 is 0. The van der Waals surface area contributed by atoms with Gasteiger partial charge in [0.2, 0.25) is 5.91 Å². The van der Waals surface area contributed by atoms with Gasteiger partial charge in [-0.2, -0.15) is 0 Å². The zero-order valence-corrected chi connectivity index (χ0v) is 12.1. The van der Waals surface area contributed by atoms with E-state index in [1.807, 2.05) is 14.0 Å². The summed E-state index contributed by atoms with van der Waals surface area (Å²) in [5.74, 6) is 0.143. The maximum absolute atomic E-state index is 11.6. The lowest BCUT2D eigenvalue weighted by molar-refractivity contribution is -0.124. The number of hydrogen-bond acceptors (Lipinski definition) is 2. The van der Waals surface area contributed by atoms with Crippen LogP contribution in [0.2, 0.25) is 0 Å². The first-order valence-electron chi connectivity index (χ1n) is 6.11. The molecule has 3 nitrogen and oxygen atoms in total. The van der Waals surface area contributed by atoms with Crippen LogP contribution in [0.25, 0.3) is 0 Å². The highest BCUT2D eigenvalue weighted by Gasteiger charge is 2.10. The quantitative estimate of drug-likeness (QED) is 0.829. The number of nitrogens with one attached hydrogen (secondary N) is 2. The van der Waals surface area contributed by atoms with E-state index >= 15 is 0 Å². The summed E-state index contributed by atoms with van der Waals surface area (Å²) in [6, 6.07) is 8.38. The van der Waals surface area contributed by atoms with Gasteiger partial charge in [-0.1, -0.05) is 36.8 Å². The van der Waals surface area contributed by atoms with Crippen molar-refractivity contribution in [2.75, 3.05) is 20.1 Å². The zero-order chi connectivity index (χ0) is 12.7. The van der Waals surface area contributed by atoms with Crippen LogP contribution in [-0.2, 0) is 11.2 Å². The topological polar surface area (TPSA) is 41.1 Å². The minimum absolute atomic E-state index is 0. The van der Waals surface area contributed by atoms with Crippen LogP contribution in [0.4, 0.5) is 0 Å². The predicted octanol–water partition coefficient (Wildman–Crippen LogP) is 1.93. The van der Waals surface area contributed by atoms with Crippen molar-refractivity contribution in [3.05, 3.63) is 35.4 Å². The number of halogens is 1. The lowest BCUT2D eigenvalue weighted by Crippen LogP contribution is -2.35. The third-order valence-electron chi connectivity index (χ3n) is 2.75. The summed E-state index contributed by atoms with van der Waals surface area (Å²) in [4.78, 5) is 11.6. The minimum Gasteiger partial charge on any atom is -0.355 e. The Balaban J connectivity index is 0.00000289. The van der Waals surface area contributed by atoms with Crippen LogP contribution in [0.3, 0.4) is 0 Å². The van der Waals surface area contributed by atoms with Crippen LogP contribution < -0.4 is 10.6 Å². The molecule has 0 saturated carbocycles. The molecule has 18 heavy (non-hydrogen) atoms. The molecule has 102 valence electrons. The minimum atomic E-state index is 0. The van der Waals surface area contributed by atoms with Gasteiger partial charge in [-0.05, 0) is 26.0 Å². The number of aryl methyl sites for hydroxylation is 1. The maximum Gasteiger partial charge on any atom is 0.224 e. The van der Waals surface area contributed by atoms with Crippen molar-refractivity contribution in [2.24, 2.45) is 5.92 Å². The third-order valence-corrected chi connectivity index (χ3v) is 2.75. The lowest BCUT2D eigenvalue weighted by Gasteiger charge is -2.11. The number of hydrogen-bond donors (Lipinski definition) is 2. The molecule has 0 radical (unpaired) electrons. The SMILES string of the molecule is CNCC(C)C(=O)NCCc1cccc(C)c1.Cl. The van der Waals surface area contributed by atoms with Gasteiger partial charge in [0.05, 0.1) is 0 Å². The van der Waals surface area contributed by atoms with E-state index in [0.29, 0.717) is 6.54 Å². The Hall–Kier alpha value is -1.06. The van der Waals surface area contributed by atoms with Crippen molar-refractivity contribution in [1.29, 1.82) is 0 Å². The van der Waals surface area contributed by atoms with E-state index in [2.05, 4.69) is 41.8 Å². The Bertz CT molecular complexity index is 369. The summed E-state index contributed by atoms with van der Waals surface area (Å²) in [6.07, 6.45) is 0.889. The molecule has 0 aliphatic heterocycles. The monoisotopic (exact) mass is 270 g/mol. The molecule has 1 aromatic rings. The molecule has 1 atom stereocenters. The second-order valence-electron chi connectivity index (χ2n) is 4.49. The van der Waals surface area contributed by atoms with Gasteiger partial charge in [-0.15, -0.1) is 12.4 Å². The Kier molecular flexibility index (Phi) is 8.42. The van der Waals surface area contributed by atoms with Crippen LogP contribution in [0.15, 0.2) is 24.3 Å². The number of amides is 1. The fraction of sp³-hybridized carbons (Fsp3) is 0.500. The van der Waals surface area contributed by atoms with E-state index in [1.165, 1.54) is 11.1 Å². The second-order valence-corrected chi connectivity index (χ2v) is 4.49. The third kappa shape index (κ3) is 6.03. The van der Waals surface area contributed by atoms with Gasteiger partial charge in [-0.25, -0.2) is 0 Å². The average molecular weight is 271 g/mol.